The number of benzene rings is 1. The molecule has 0 radical (unpaired) electrons. The maximum atomic E-state index is 5.94. The Bertz CT molecular complexity index is 651. The minimum absolute atomic E-state index is 0.568. The van der Waals surface area contributed by atoms with Crippen LogP contribution in [0.2, 0.25) is 0 Å². The molecule has 0 spiro atoms. The molecule has 2 aromatic rings. The van der Waals surface area contributed by atoms with Crippen molar-refractivity contribution in [3.05, 3.63) is 41.3 Å². The largest absolute Gasteiger partial charge is 0.329 e. The molecule has 3 heteroatoms. The van der Waals surface area contributed by atoms with Crippen molar-refractivity contribution < 1.29 is 0 Å². The highest BCUT2D eigenvalue weighted by molar-refractivity contribution is 6.17. The zero-order valence-corrected chi connectivity index (χ0v) is 15.8. The standard InChI is InChI=1S/C21H29ClN2/c1-3-4-10-20-21(18-13-11-17(15-22)12-14-18)23-16(2)24(20)19-8-6-5-7-9-19/h11-14,19H,3-10,15H2,1-2H3. The summed E-state index contributed by atoms with van der Waals surface area (Å²) in [6, 6.07) is 9.26. The van der Waals surface area contributed by atoms with Crippen LogP contribution in [0.4, 0.5) is 0 Å². The molecular weight excluding hydrogens is 316 g/mol. The van der Waals surface area contributed by atoms with Crippen molar-refractivity contribution in [2.45, 2.75) is 77.1 Å². The van der Waals surface area contributed by atoms with Crippen LogP contribution in [0.1, 0.15) is 75.0 Å². The summed E-state index contributed by atoms with van der Waals surface area (Å²) in [7, 11) is 0. The third-order valence-corrected chi connectivity index (χ3v) is 5.58. The average Bonchev–Trinajstić information content (AvgIpc) is 2.97. The minimum atomic E-state index is 0.568. The molecule has 0 aliphatic heterocycles. The monoisotopic (exact) mass is 344 g/mol. The van der Waals surface area contributed by atoms with Crippen LogP contribution in [-0.4, -0.2) is 9.55 Å². The second-order valence-electron chi connectivity index (χ2n) is 7.05. The van der Waals surface area contributed by atoms with Crippen LogP contribution in [-0.2, 0) is 12.3 Å². The Kier molecular flexibility index (Phi) is 5.99. The quantitative estimate of drug-likeness (QED) is 0.551. The van der Waals surface area contributed by atoms with E-state index >= 15 is 0 Å². The molecule has 1 aromatic carbocycles. The lowest BCUT2D eigenvalue weighted by Crippen LogP contribution is -2.16. The predicted molar refractivity (Wildman–Crippen MR) is 103 cm³/mol. The lowest BCUT2D eigenvalue weighted by atomic mass is 9.94. The molecule has 1 aliphatic carbocycles. The first kappa shape index (κ1) is 17.5. The highest BCUT2D eigenvalue weighted by atomic mass is 35.5. The Hall–Kier alpha value is -1.28. The maximum absolute atomic E-state index is 5.94. The number of rotatable bonds is 6. The van der Waals surface area contributed by atoms with Gasteiger partial charge in [0.25, 0.3) is 0 Å². The lowest BCUT2D eigenvalue weighted by Gasteiger charge is -2.26. The molecule has 0 N–H and O–H groups in total. The fourth-order valence-electron chi connectivity index (χ4n) is 3.98. The van der Waals surface area contributed by atoms with E-state index in [2.05, 4.69) is 42.7 Å². The van der Waals surface area contributed by atoms with Crippen molar-refractivity contribution in [3.8, 4) is 11.3 Å². The van der Waals surface area contributed by atoms with E-state index in [1.807, 2.05) is 0 Å². The number of aryl methyl sites for hydroxylation is 1. The van der Waals surface area contributed by atoms with Gasteiger partial charge in [0.2, 0.25) is 0 Å². The van der Waals surface area contributed by atoms with Crippen LogP contribution in [0.3, 0.4) is 0 Å². The first-order valence-electron chi connectivity index (χ1n) is 9.47. The van der Waals surface area contributed by atoms with E-state index < -0.39 is 0 Å². The Labute approximate surface area is 151 Å². The summed E-state index contributed by atoms with van der Waals surface area (Å²) in [4.78, 5) is 4.99. The van der Waals surface area contributed by atoms with E-state index in [9.17, 15) is 0 Å². The average molecular weight is 345 g/mol. The van der Waals surface area contributed by atoms with E-state index in [1.165, 1.54) is 73.3 Å². The molecule has 130 valence electrons. The molecule has 3 rings (SSSR count). The summed E-state index contributed by atoms with van der Waals surface area (Å²) in [5.74, 6) is 1.75. The molecule has 1 aromatic heterocycles. The lowest BCUT2D eigenvalue weighted by molar-refractivity contribution is 0.341. The fourth-order valence-corrected chi connectivity index (χ4v) is 4.16. The van der Waals surface area contributed by atoms with Crippen LogP contribution >= 0.6 is 11.6 Å². The van der Waals surface area contributed by atoms with Gasteiger partial charge < -0.3 is 4.57 Å². The van der Waals surface area contributed by atoms with E-state index in [0.29, 0.717) is 11.9 Å². The maximum Gasteiger partial charge on any atom is 0.106 e. The number of nitrogens with zero attached hydrogens (tertiary/aromatic N) is 2. The zero-order valence-electron chi connectivity index (χ0n) is 15.0. The van der Waals surface area contributed by atoms with Gasteiger partial charge in [-0.1, -0.05) is 56.9 Å². The van der Waals surface area contributed by atoms with E-state index in [0.717, 1.165) is 6.42 Å². The number of halogens is 1. The van der Waals surface area contributed by atoms with Gasteiger partial charge in [-0.2, -0.15) is 0 Å². The van der Waals surface area contributed by atoms with Gasteiger partial charge in [0.05, 0.1) is 5.69 Å². The smallest absolute Gasteiger partial charge is 0.106 e. The molecule has 24 heavy (non-hydrogen) atoms. The van der Waals surface area contributed by atoms with E-state index in [1.54, 1.807) is 0 Å². The number of unbranched alkanes of at least 4 members (excludes halogenated alkanes) is 1. The highest BCUT2D eigenvalue weighted by Crippen LogP contribution is 2.35. The molecule has 0 unspecified atom stereocenters. The SMILES string of the molecule is CCCCc1c(-c2ccc(CCl)cc2)nc(C)n1C1CCCCC1. The van der Waals surface area contributed by atoms with Gasteiger partial charge in [-0.15, -0.1) is 11.6 Å². The summed E-state index contributed by atoms with van der Waals surface area (Å²) in [6.07, 6.45) is 10.3. The molecule has 0 bridgehead atoms. The first-order valence-corrected chi connectivity index (χ1v) is 10.0. The van der Waals surface area contributed by atoms with Crippen LogP contribution in [0.15, 0.2) is 24.3 Å². The summed E-state index contributed by atoms with van der Waals surface area (Å²) < 4.78 is 2.57. The normalized spacial score (nSPS) is 15.8. The van der Waals surface area contributed by atoms with Gasteiger partial charge in [0.1, 0.15) is 5.82 Å². The van der Waals surface area contributed by atoms with Crippen molar-refractivity contribution in [1.29, 1.82) is 0 Å². The van der Waals surface area contributed by atoms with Crippen molar-refractivity contribution >= 4 is 11.6 Å². The molecular formula is C21H29ClN2. The molecule has 1 saturated carbocycles. The number of aromatic nitrogens is 2. The van der Waals surface area contributed by atoms with Crippen LogP contribution in [0.25, 0.3) is 11.3 Å². The van der Waals surface area contributed by atoms with Crippen LogP contribution in [0.5, 0.6) is 0 Å². The van der Waals surface area contributed by atoms with Gasteiger partial charge >= 0.3 is 0 Å². The van der Waals surface area contributed by atoms with E-state index in [4.69, 9.17) is 16.6 Å². The summed E-state index contributed by atoms with van der Waals surface area (Å²) >= 11 is 5.94. The number of alkyl halides is 1. The van der Waals surface area contributed by atoms with Gasteiger partial charge in [-0.3, -0.25) is 0 Å². The van der Waals surface area contributed by atoms with Crippen molar-refractivity contribution in [2.24, 2.45) is 0 Å². The molecule has 1 heterocycles. The number of imidazole rings is 1. The summed E-state index contributed by atoms with van der Waals surface area (Å²) in [5.41, 5.74) is 5.03. The Morgan fingerprint density at radius 1 is 1.12 bits per heavy atom. The topological polar surface area (TPSA) is 17.8 Å². The van der Waals surface area contributed by atoms with Gasteiger partial charge in [-0.05, 0) is 38.2 Å². The summed E-state index contributed by atoms with van der Waals surface area (Å²) in [5, 5.41) is 0. The number of hydrogen-bond acceptors (Lipinski definition) is 1. The van der Waals surface area contributed by atoms with Crippen molar-refractivity contribution in [2.75, 3.05) is 0 Å². The summed E-state index contributed by atoms with van der Waals surface area (Å²) in [6.45, 7) is 4.45. The predicted octanol–water partition coefficient (Wildman–Crippen LogP) is 6.45. The van der Waals surface area contributed by atoms with Gasteiger partial charge in [0.15, 0.2) is 0 Å². The third-order valence-electron chi connectivity index (χ3n) is 5.28. The van der Waals surface area contributed by atoms with Crippen LogP contribution in [0, 0.1) is 6.92 Å². The molecule has 1 fully saturated rings. The number of hydrogen-bond donors (Lipinski definition) is 0. The third kappa shape index (κ3) is 3.69. The molecule has 0 atom stereocenters. The highest BCUT2D eigenvalue weighted by Gasteiger charge is 2.23. The zero-order chi connectivity index (χ0) is 16.9. The molecule has 2 nitrogen and oxygen atoms in total. The second-order valence-corrected chi connectivity index (χ2v) is 7.32. The van der Waals surface area contributed by atoms with Crippen molar-refractivity contribution in [1.82, 2.24) is 9.55 Å². The second kappa shape index (κ2) is 8.20. The van der Waals surface area contributed by atoms with Gasteiger partial charge in [-0.25, -0.2) is 4.98 Å². The van der Waals surface area contributed by atoms with E-state index in [-0.39, 0.29) is 0 Å². The molecule has 1 aliphatic rings. The van der Waals surface area contributed by atoms with Crippen LogP contribution < -0.4 is 0 Å². The Balaban J connectivity index is 2.00. The Morgan fingerprint density at radius 3 is 2.46 bits per heavy atom. The Morgan fingerprint density at radius 2 is 1.83 bits per heavy atom. The minimum Gasteiger partial charge on any atom is -0.329 e. The fraction of sp³-hybridized carbons (Fsp3) is 0.571. The molecule has 0 saturated heterocycles. The first-order chi connectivity index (χ1) is 11.7. The van der Waals surface area contributed by atoms with Gasteiger partial charge in [0, 0.05) is 23.2 Å². The molecule has 0 amide bonds. The van der Waals surface area contributed by atoms with Crippen molar-refractivity contribution in [3.63, 3.8) is 0 Å².